The minimum absolute atomic E-state index is 0.249. The van der Waals surface area contributed by atoms with Crippen molar-refractivity contribution in [1.29, 1.82) is 0 Å². The number of carbonyl (C=O) groups is 2. The molecule has 1 N–H and O–H groups in total. The molecule has 6 nitrogen and oxygen atoms in total. The van der Waals surface area contributed by atoms with Crippen LogP contribution in [0.4, 0.5) is 10.1 Å². The highest BCUT2D eigenvalue weighted by Gasteiger charge is 2.26. The summed E-state index contributed by atoms with van der Waals surface area (Å²) >= 11 is 0. The van der Waals surface area contributed by atoms with Crippen molar-refractivity contribution < 1.29 is 18.7 Å². The van der Waals surface area contributed by atoms with Crippen LogP contribution in [0.5, 0.6) is 0 Å². The number of anilines is 1. The summed E-state index contributed by atoms with van der Waals surface area (Å²) < 4.78 is 18.7. The number of amides is 1. The van der Waals surface area contributed by atoms with Crippen molar-refractivity contribution in [1.82, 2.24) is 9.97 Å². The van der Waals surface area contributed by atoms with Crippen LogP contribution >= 0.6 is 0 Å². The number of hydrogen-bond donors (Lipinski definition) is 1. The second kappa shape index (κ2) is 8.48. The van der Waals surface area contributed by atoms with E-state index in [0.717, 1.165) is 0 Å². The molecule has 1 atom stereocenters. The molecule has 0 bridgehead atoms. The summed E-state index contributed by atoms with van der Waals surface area (Å²) in [6, 6.07) is 18.8. The number of nitrogens with zero attached hydrogens (tertiary/aromatic N) is 2. The fourth-order valence-corrected chi connectivity index (χ4v) is 2.91. The lowest BCUT2D eigenvalue weighted by Gasteiger charge is -2.18. The van der Waals surface area contributed by atoms with Crippen molar-refractivity contribution in [3.05, 3.63) is 102 Å². The number of rotatable bonds is 5. The van der Waals surface area contributed by atoms with Crippen molar-refractivity contribution in [3.63, 3.8) is 0 Å². The Morgan fingerprint density at radius 3 is 2.30 bits per heavy atom. The Kier molecular flexibility index (Phi) is 5.43. The third-order valence-electron chi connectivity index (χ3n) is 4.38. The van der Waals surface area contributed by atoms with Gasteiger partial charge in [0.2, 0.25) is 6.10 Å². The average Bonchev–Trinajstić information content (AvgIpc) is 2.79. The molecule has 30 heavy (non-hydrogen) atoms. The van der Waals surface area contributed by atoms with Crippen molar-refractivity contribution in [2.45, 2.75) is 6.10 Å². The predicted octanol–water partition coefficient (Wildman–Crippen LogP) is 4.31. The van der Waals surface area contributed by atoms with Gasteiger partial charge in [0, 0.05) is 23.6 Å². The minimum Gasteiger partial charge on any atom is -0.444 e. The van der Waals surface area contributed by atoms with Crippen molar-refractivity contribution in [2.75, 3.05) is 5.32 Å². The number of aromatic nitrogens is 2. The van der Waals surface area contributed by atoms with E-state index in [4.69, 9.17) is 4.74 Å². The lowest BCUT2D eigenvalue weighted by molar-refractivity contribution is -0.125. The van der Waals surface area contributed by atoms with E-state index in [1.165, 1.54) is 30.5 Å². The van der Waals surface area contributed by atoms with Gasteiger partial charge < -0.3 is 10.1 Å². The van der Waals surface area contributed by atoms with E-state index in [-0.39, 0.29) is 5.56 Å². The van der Waals surface area contributed by atoms with Crippen molar-refractivity contribution in [3.8, 4) is 0 Å². The molecule has 1 heterocycles. The highest BCUT2D eigenvalue weighted by Crippen LogP contribution is 2.23. The number of carbonyl (C=O) groups excluding carboxylic acids is 2. The molecule has 1 aromatic heterocycles. The first kappa shape index (κ1) is 19.2. The summed E-state index contributed by atoms with van der Waals surface area (Å²) in [6.45, 7) is 0. The Morgan fingerprint density at radius 1 is 0.867 bits per heavy atom. The lowest BCUT2D eigenvalue weighted by atomic mass is 10.1. The highest BCUT2D eigenvalue weighted by molar-refractivity contribution is 5.99. The molecule has 3 aromatic carbocycles. The first-order valence-electron chi connectivity index (χ1n) is 9.13. The first-order valence-corrected chi connectivity index (χ1v) is 9.13. The van der Waals surface area contributed by atoms with Crippen LogP contribution in [0.2, 0.25) is 0 Å². The molecule has 7 heteroatoms. The van der Waals surface area contributed by atoms with Crippen LogP contribution in [0, 0.1) is 5.82 Å². The second-order valence-electron chi connectivity index (χ2n) is 6.45. The third-order valence-corrected chi connectivity index (χ3v) is 4.38. The molecule has 0 spiro atoms. The monoisotopic (exact) mass is 401 g/mol. The number of halogens is 1. The van der Waals surface area contributed by atoms with Crippen LogP contribution in [0.25, 0.3) is 11.0 Å². The zero-order chi connectivity index (χ0) is 20.9. The van der Waals surface area contributed by atoms with E-state index in [9.17, 15) is 14.0 Å². The molecule has 0 aliphatic rings. The minimum atomic E-state index is -1.19. The Morgan fingerprint density at radius 2 is 1.57 bits per heavy atom. The molecule has 0 fully saturated rings. The van der Waals surface area contributed by atoms with Gasteiger partial charge in [-0.15, -0.1) is 0 Å². The zero-order valence-electron chi connectivity index (χ0n) is 15.7. The predicted molar refractivity (Wildman–Crippen MR) is 109 cm³/mol. The van der Waals surface area contributed by atoms with E-state index in [1.807, 2.05) is 0 Å². The fraction of sp³-hybridized carbons (Fsp3) is 0.0435. The highest BCUT2D eigenvalue weighted by atomic mass is 19.1. The van der Waals surface area contributed by atoms with Gasteiger partial charge in [-0.3, -0.25) is 14.8 Å². The molecule has 0 radical (unpaired) electrons. The molecular weight excluding hydrogens is 385 g/mol. The van der Waals surface area contributed by atoms with Gasteiger partial charge in [0.15, 0.2) is 0 Å². The van der Waals surface area contributed by atoms with E-state index >= 15 is 0 Å². The molecular formula is C23H16FN3O3. The molecule has 0 saturated carbocycles. The van der Waals surface area contributed by atoms with Crippen LogP contribution in [-0.2, 0) is 9.53 Å². The molecule has 0 saturated heterocycles. The Bertz CT molecular complexity index is 1200. The normalized spacial score (nSPS) is 11.6. The number of hydrogen-bond acceptors (Lipinski definition) is 5. The number of fused-ring (bicyclic) bond motifs is 1. The molecule has 4 rings (SSSR count). The van der Waals surface area contributed by atoms with Gasteiger partial charge in [0.05, 0.1) is 16.6 Å². The molecule has 148 valence electrons. The quantitative estimate of drug-likeness (QED) is 0.504. The van der Waals surface area contributed by atoms with Gasteiger partial charge in [0.1, 0.15) is 5.82 Å². The summed E-state index contributed by atoms with van der Waals surface area (Å²) in [5.74, 6) is -1.65. The second-order valence-corrected chi connectivity index (χ2v) is 6.45. The number of benzene rings is 3. The number of nitrogens with one attached hydrogen (secondary N) is 1. The topological polar surface area (TPSA) is 81.2 Å². The van der Waals surface area contributed by atoms with Gasteiger partial charge in [0.25, 0.3) is 5.91 Å². The van der Waals surface area contributed by atoms with Crippen molar-refractivity contribution in [2.24, 2.45) is 0 Å². The standard InChI is InChI=1S/C23H16FN3O3/c24-17-7-9-18(10-8-17)27-22(28)21(15-4-2-1-3-5-15)30-23(29)16-6-11-19-20(14-16)26-13-12-25-19/h1-14,21H,(H,27,28)/t21-/m1/s1. The Balaban J connectivity index is 1.59. The third kappa shape index (κ3) is 4.30. The Hall–Kier alpha value is -4.13. The van der Waals surface area contributed by atoms with Gasteiger partial charge in [-0.1, -0.05) is 30.3 Å². The maximum atomic E-state index is 13.1. The molecule has 4 aromatic rings. The van der Waals surface area contributed by atoms with E-state index < -0.39 is 23.8 Å². The number of esters is 1. The van der Waals surface area contributed by atoms with E-state index in [1.54, 1.807) is 54.7 Å². The fourth-order valence-electron chi connectivity index (χ4n) is 2.91. The summed E-state index contributed by atoms with van der Waals surface area (Å²) in [4.78, 5) is 34.0. The van der Waals surface area contributed by atoms with Crippen LogP contribution in [-0.4, -0.2) is 21.8 Å². The summed E-state index contributed by atoms with van der Waals surface area (Å²) in [7, 11) is 0. The smallest absolute Gasteiger partial charge is 0.339 e. The lowest BCUT2D eigenvalue weighted by Crippen LogP contribution is -2.26. The largest absolute Gasteiger partial charge is 0.444 e. The van der Waals surface area contributed by atoms with E-state index in [0.29, 0.717) is 22.3 Å². The van der Waals surface area contributed by atoms with Crippen molar-refractivity contribution >= 4 is 28.6 Å². The maximum absolute atomic E-state index is 13.1. The van der Waals surface area contributed by atoms with Crippen LogP contribution < -0.4 is 5.32 Å². The van der Waals surface area contributed by atoms with Crippen LogP contribution in [0.3, 0.4) is 0 Å². The van der Waals surface area contributed by atoms with E-state index in [2.05, 4.69) is 15.3 Å². The summed E-state index contributed by atoms with van der Waals surface area (Å²) in [5, 5.41) is 2.65. The molecule has 0 aliphatic carbocycles. The zero-order valence-corrected chi connectivity index (χ0v) is 15.7. The SMILES string of the molecule is O=C(O[C@@H](C(=O)Nc1ccc(F)cc1)c1ccccc1)c1ccc2nccnc2c1. The molecule has 0 aliphatic heterocycles. The van der Waals surface area contributed by atoms with Gasteiger partial charge in [-0.2, -0.15) is 0 Å². The van der Waals surface area contributed by atoms with Gasteiger partial charge >= 0.3 is 5.97 Å². The molecule has 1 amide bonds. The Labute approximate surface area is 171 Å². The summed E-state index contributed by atoms with van der Waals surface area (Å²) in [6.07, 6.45) is 1.90. The average molecular weight is 401 g/mol. The molecule has 0 unspecified atom stereocenters. The van der Waals surface area contributed by atoms with Crippen LogP contribution in [0.1, 0.15) is 22.0 Å². The van der Waals surface area contributed by atoms with Crippen LogP contribution in [0.15, 0.2) is 85.2 Å². The summed E-state index contributed by atoms with van der Waals surface area (Å²) in [5.41, 5.74) is 2.32. The van der Waals surface area contributed by atoms with Gasteiger partial charge in [-0.25, -0.2) is 9.18 Å². The first-order chi connectivity index (χ1) is 14.6. The maximum Gasteiger partial charge on any atom is 0.339 e. The van der Waals surface area contributed by atoms with Gasteiger partial charge in [-0.05, 0) is 42.5 Å². The number of ether oxygens (including phenoxy) is 1.